The molecule has 6 nitrogen and oxygen atoms in total. The molecule has 0 spiro atoms. The molecule has 1 rings (SSSR count). The Morgan fingerprint density at radius 3 is 1.86 bits per heavy atom. The van der Waals surface area contributed by atoms with Crippen LogP contribution in [0.25, 0.3) is 0 Å². The molecule has 21 heavy (non-hydrogen) atoms. The number of halogens is 3. The Morgan fingerprint density at radius 1 is 1.05 bits per heavy atom. The SMILES string of the molecule is Cl.Cl.Cl.N=C(N)SCC(CSC(=N)N)c1ccccn1.O. The summed E-state index contributed by atoms with van der Waals surface area (Å²) >= 11 is 2.56. The van der Waals surface area contributed by atoms with E-state index in [2.05, 4.69) is 4.98 Å². The lowest BCUT2D eigenvalue weighted by molar-refractivity contribution is 0.824. The van der Waals surface area contributed by atoms with Gasteiger partial charge in [0.25, 0.3) is 0 Å². The summed E-state index contributed by atoms with van der Waals surface area (Å²) in [5.41, 5.74) is 11.6. The van der Waals surface area contributed by atoms with E-state index in [9.17, 15) is 0 Å². The Labute approximate surface area is 151 Å². The van der Waals surface area contributed by atoms with Crippen LogP contribution in [-0.4, -0.2) is 32.3 Å². The molecule has 0 fully saturated rings. The largest absolute Gasteiger partial charge is 0.412 e. The van der Waals surface area contributed by atoms with Crippen LogP contribution in [0.4, 0.5) is 0 Å². The predicted molar refractivity (Wildman–Crippen MR) is 101 cm³/mol. The van der Waals surface area contributed by atoms with Crippen LogP contribution in [0.5, 0.6) is 0 Å². The van der Waals surface area contributed by atoms with Gasteiger partial charge in [0.2, 0.25) is 0 Å². The van der Waals surface area contributed by atoms with E-state index >= 15 is 0 Å². The lowest BCUT2D eigenvalue weighted by Crippen LogP contribution is -2.14. The Kier molecular flexibility index (Phi) is 21.9. The van der Waals surface area contributed by atoms with Gasteiger partial charge in [-0.3, -0.25) is 15.8 Å². The molecule has 1 heterocycles. The van der Waals surface area contributed by atoms with Crippen LogP contribution in [0.15, 0.2) is 24.4 Å². The van der Waals surface area contributed by atoms with E-state index in [0.29, 0.717) is 11.5 Å². The van der Waals surface area contributed by atoms with Crippen molar-refractivity contribution in [3.05, 3.63) is 30.1 Å². The van der Waals surface area contributed by atoms with E-state index in [1.807, 2.05) is 18.2 Å². The Bertz CT molecular complexity index is 382. The molecule has 1 aromatic heterocycles. The lowest BCUT2D eigenvalue weighted by Gasteiger charge is -2.14. The van der Waals surface area contributed by atoms with Crippen molar-refractivity contribution in [3.8, 4) is 0 Å². The fourth-order valence-corrected chi connectivity index (χ4v) is 2.70. The molecule has 0 saturated heterocycles. The Balaban J connectivity index is -0.000000361. The predicted octanol–water partition coefficient (Wildman–Crippen LogP) is 1.86. The highest BCUT2D eigenvalue weighted by atomic mass is 35.5. The van der Waals surface area contributed by atoms with Crippen LogP contribution in [0.3, 0.4) is 0 Å². The highest BCUT2D eigenvalue weighted by Crippen LogP contribution is 2.23. The molecule has 124 valence electrons. The van der Waals surface area contributed by atoms with Crippen LogP contribution >= 0.6 is 60.7 Å². The average Bonchev–Trinajstić information content (AvgIpc) is 2.29. The van der Waals surface area contributed by atoms with Gasteiger partial charge < -0.3 is 16.9 Å². The van der Waals surface area contributed by atoms with Crippen LogP contribution in [-0.2, 0) is 0 Å². The van der Waals surface area contributed by atoms with Gasteiger partial charge in [0.15, 0.2) is 10.3 Å². The number of nitrogens with one attached hydrogen (secondary N) is 2. The molecule has 0 aliphatic heterocycles. The second-order valence-corrected chi connectivity index (χ2v) is 5.43. The average molecular weight is 397 g/mol. The van der Waals surface area contributed by atoms with Gasteiger partial charge in [0, 0.05) is 29.3 Å². The summed E-state index contributed by atoms with van der Waals surface area (Å²) in [4.78, 5) is 4.29. The third-order valence-corrected chi connectivity index (χ3v) is 3.75. The van der Waals surface area contributed by atoms with E-state index in [0.717, 1.165) is 5.69 Å². The molecule has 0 aliphatic carbocycles. The van der Waals surface area contributed by atoms with Gasteiger partial charge in [-0.2, -0.15) is 0 Å². The summed E-state index contributed by atoms with van der Waals surface area (Å²) in [7, 11) is 0. The minimum Gasteiger partial charge on any atom is -0.412 e. The molecule has 0 aliphatic rings. The van der Waals surface area contributed by atoms with Crippen molar-refractivity contribution in [3.63, 3.8) is 0 Å². The van der Waals surface area contributed by atoms with Crippen molar-refractivity contribution in [2.75, 3.05) is 11.5 Å². The topological polar surface area (TPSA) is 144 Å². The summed E-state index contributed by atoms with van der Waals surface area (Å²) in [5, 5.41) is 14.6. The van der Waals surface area contributed by atoms with Gasteiger partial charge in [0.1, 0.15) is 0 Å². The van der Waals surface area contributed by atoms with Crippen LogP contribution in [0.2, 0.25) is 0 Å². The zero-order valence-corrected chi connectivity index (χ0v) is 15.0. The molecule has 11 heteroatoms. The molecule has 0 aromatic carbocycles. The fraction of sp³-hybridized carbons (Fsp3) is 0.300. The summed E-state index contributed by atoms with van der Waals surface area (Å²) in [6.07, 6.45) is 1.74. The number of aromatic nitrogens is 1. The zero-order chi connectivity index (χ0) is 12.7. The number of rotatable bonds is 5. The van der Waals surface area contributed by atoms with Gasteiger partial charge in [0.05, 0.1) is 0 Å². The third kappa shape index (κ3) is 13.0. The molecular formula is C10H20Cl3N5OS2. The lowest BCUT2D eigenvalue weighted by atomic mass is 10.1. The van der Waals surface area contributed by atoms with E-state index in [4.69, 9.17) is 22.3 Å². The van der Waals surface area contributed by atoms with Crippen molar-refractivity contribution in [1.29, 1.82) is 10.8 Å². The summed E-state index contributed by atoms with van der Waals surface area (Å²) < 4.78 is 0. The van der Waals surface area contributed by atoms with Crippen molar-refractivity contribution in [1.82, 2.24) is 4.98 Å². The first-order valence-electron chi connectivity index (χ1n) is 4.94. The molecular weight excluding hydrogens is 377 g/mol. The van der Waals surface area contributed by atoms with Gasteiger partial charge >= 0.3 is 0 Å². The van der Waals surface area contributed by atoms with E-state index in [1.54, 1.807) is 6.20 Å². The normalized spacial score (nSPS) is 9.71. The second-order valence-electron chi connectivity index (χ2n) is 3.30. The molecule has 0 atom stereocenters. The third-order valence-electron chi connectivity index (χ3n) is 1.99. The van der Waals surface area contributed by atoms with Crippen molar-refractivity contribution in [2.45, 2.75) is 5.92 Å². The monoisotopic (exact) mass is 395 g/mol. The number of nitrogens with two attached hydrogens (primary N) is 2. The fourth-order valence-electron chi connectivity index (χ4n) is 1.22. The van der Waals surface area contributed by atoms with Crippen molar-refractivity contribution in [2.24, 2.45) is 11.5 Å². The van der Waals surface area contributed by atoms with Gasteiger partial charge in [-0.05, 0) is 12.1 Å². The first-order chi connectivity index (χ1) is 8.09. The van der Waals surface area contributed by atoms with Gasteiger partial charge in [-0.15, -0.1) is 37.2 Å². The Morgan fingerprint density at radius 2 is 1.52 bits per heavy atom. The number of thioether (sulfide) groups is 2. The standard InChI is InChI=1S/C10H15N5S2.3ClH.H2O/c11-9(12)16-5-7(6-17-10(13)14)8-3-1-2-4-15-8;;;;/h1-4,7H,5-6H2,(H3,11,12)(H3,13,14);3*1H;1H2. The molecule has 8 N–H and O–H groups in total. The van der Waals surface area contributed by atoms with Crippen molar-refractivity contribution >= 4 is 71.1 Å². The smallest absolute Gasteiger partial charge is 0.151 e. The number of hydrogen-bond donors (Lipinski definition) is 4. The van der Waals surface area contributed by atoms with E-state index in [1.165, 1.54) is 23.5 Å². The molecule has 0 bridgehead atoms. The highest BCUT2D eigenvalue weighted by molar-refractivity contribution is 8.14. The summed E-state index contributed by atoms with van der Waals surface area (Å²) in [6.45, 7) is 0. The van der Waals surface area contributed by atoms with E-state index < -0.39 is 0 Å². The van der Waals surface area contributed by atoms with E-state index in [-0.39, 0.29) is 59.0 Å². The van der Waals surface area contributed by atoms with Crippen LogP contribution in [0, 0.1) is 10.8 Å². The Hall–Kier alpha value is -0.380. The number of amidine groups is 2. The number of nitrogens with zero attached hydrogens (tertiary/aromatic N) is 1. The minimum atomic E-state index is 0. The second kappa shape index (κ2) is 16.0. The summed E-state index contributed by atoms with van der Waals surface area (Å²) in [5.74, 6) is 1.48. The van der Waals surface area contributed by atoms with Crippen LogP contribution in [0.1, 0.15) is 11.6 Å². The molecule has 0 amide bonds. The summed E-state index contributed by atoms with van der Waals surface area (Å²) in [6, 6.07) is 5.72. The number of hydrogen-bond acceptors (Lipinski definition) is 5. The van der Waals surface area contributed by atoms with Crippen LogP contribution < -0.4 is 11.5 Å². The van der Waals surface area contributed by atoms with Gasteiger partial charge in [-0.1, -0.05) is 29.6 Å². The first kappa shape index (κ1) is 28.7. The highest BCUT2D eigenvalue weighted by Gasteiger charge is 2.14. The maximum atomic E-state index is 7.21. The molecule has 0 saturated carbocycles. The molecule has 0 radical (unpaired) electrons. The molecule has 0 unspecified atom stereocenters. The quantitative estimate of drug-likeness (QED) is 0.443. The first-order valence-corrected chi connectivity index (χ1v) is 6.91. The maximum Gasteiger partial charge on any atom is 0.151 e. The maximum absolute atomic E-state index is 7.21. The zero-order valence-electron chi connectivity index (χ0n) is 10.9. The minimum absolute atomic E-state index is 0. The van der Waals surface area contributed by atoms with Gasteiger partial charge in [-0.25, -0.2) is 0 Å². The number of pyridine rings is 1. The molecule has 1 aromatic rings. The van der Waals surface area contributed by atoms with Crippen molar-refractivity contribution < 1.29 is 5.48 Å².